The van der Waals surface area contributed by atoms with Crippen LogP contribution in [-0.2, 0) is 10.2 Å². The van der Waals surface area contributed by atoms with E-state index in [0.29, 0.717) is 12.0 Å². The molecule has 1 aromatic carbocycles. The summed E-state index contributed by atoms with van der Waals surface area (Å²) in [7, 11) is 2.05. The third-order valence-electron chi connectivity index (χ3n) is 4.91. The largest absolute Gasteiger partial charge is 0.381 e. The van der Waals surface area contributed by atoms with Crippen molar-refractivity contribution in [3.63, 3.8) is 0 Å². The fourth-order valence-electron chi connectivity index (χ4n) is 3.10. The van der Waals surface area contributed by atoms with E-state index in [9.17, 15) is 0 Å². The maximum Gasteiger partial charge on any atom is 0.191 e. The minimum absolute atomic E-state index is 0. The summed E-state index contributed by atoms with van der Waals surface area (Å²) in [4.78, 5) is 6.85. The second-order valence-electron chi connectivity index (χ2n) is 6.42. The summed E-state index contributed by atoms with van der Waals surface area (Å²) in [5, 5.41) is 0. The normalized spacial score (nSPS) is 20.7. The predicted octanol–water partition coefficient (Wildman–Crippen LogP) is 3.52. The van der Waals surface area contributed by atoms with Gasteiger partial charge in [0, 0.05) is 36.2 Å². The predicted molar refractivity (Wildman–Crippen MR) is 109 cm³/mol. The van der Waals surface area contributed by atoms with Crippen LogP contribution in [0.3, 0.4) is 0 Å². The van der Waals surface area contributed by atoms with Crippen molar-refractivity contribution in [1.82, 2.24) is 4.90 Å². The molecule has 3 rings (SSSR count). The van der Waals surface area contributed by atoms with E-state index < -0.39 is 0 Å². The SMILES string of the molecule is CN(C(N)=NCC1(c2ccc(Br)cc2)CCOCC1)C1CC1.I. The lowest BCUT2D eigenvalue weighted by Gasteiger charge is -2.37. The number of aliphatic imine (C=N–C) groups is 1. The van der Waals surface area contributed by atoms with Crippen molar-refractivity contribution >= 4 is 45.9 Å². The number of halogens is 2. The Morgan fingerprint density at radius 1 is 1.30 bits per heavy atom. The first-order valence-corrected chi connectivity index (χ1v) is 8.77. The van der Waals surface area contributed by atoms with Gasteiger partial charge >= 0.3 is 0 Å². The molecular weight excluding hydrogens is 469 g/mol. The molecule has 1 saturated carbocycles. The Morgan fingerprint density at radius 2 is 1.91 bits per heavy atom. The van der Waals surface area contributed by atoms with Gasteiger partial charge in [0.05, 0.1) is 6.54 Å². The smallest absolute Gasteiger partial charge is 0.191 e. The molecule has 0 amide bonds. The van der Waals surface area contributed by atoms with Crippen molar-refractivity contribution in [2.24, 2.45) is 10.7 Å². The fourth-order valence-corrected chi connectivity index (χ4v) is 3.36. The molecule has 0 spiro atoms. The lowest BCUT2D eigenvalue weighted by atomic mass is 9.74. The van der Waals surface area contributed by atoms with E-state index in [0.717, 1.165) is 37.1 Å². The molecule has 2 N–H and O–H groups in total. The Kier molecular flexibility index (Phi) is 6.74. The molecule has 4 nitrogen and oxygen atoms in total. The molecule has 0 unspecified atom stereocenters. The number of rotatable bonds is 4. The minimum atomic E-state index is 0. The van der Waals surface area contributed by atoms with E-state index in [1.54, 1.807) is 0 Å². The van der Waals surface area contributed by atoms with Crippen LogP contribution in [0.1, 0.15) is 31.2 Å². The molecule has 0 atom stereocenters. The van der Waals surface area contributed by atoms with Gasteiger partial charge in [-0.05, 0) is 43.4 Å². The molecule has 6 heteroatoms. The first-order chi connectivity index (χ1) is 10.6. The Bertz CT molecular complexity index is 539. The molecule has 0 aromatic heterocycles. The monoisotopic (exact) mass is 493 g/mol. The summed E-state index contributed by atoms with van der Waals surface area (Å²) in [6.45, 7) is 2.33. The number of nitrogens with two attached hydrogens (primary N) is 1. The quantitative estimate of drug-likeness (QED) is 0.396. The molecule has 23 heavy (non-hydrogen) atoms. The zero-order valence-electron chi connectivity index (χ0n) is 13.5. The van der Waals surface area contributed by atoms with Crippen LogP contribution in [0.5, 0.6) is 0 Å². The van der Waals surface area contributed by atoms with Crippen molar-refractivity contribution in [2.75, 3.05) is 26.8 Å². The molecule has 1 saturated heterocycles. The average molecular weight is 494 g/mol. The Morgan fingerprint density at radius 3 is 2.48 bits per heavy atom. The maximum atomic E-state index is 6.17. The summed E-state index contributed by atoms with van der Waals surface area (Å²) in [6.07, 6.45) is 4.47. The van der Waals surface area contributed by atoms with Crippen LogP contribution in [0, 0.1) is 0 Å². The van der Waals surface area contributed by atoms with E-state index >= 15 is 0 Å². The van der Waals surface area contributed by atoms with Gasteiger partial charge in [-0.15, -0.1) is 24.0 Å². The molecule has 1 aromatic rings. The van der Waals surface area contributed by atoms with Gasteiger partial charge < -0.3 is 15.4 Å². The van der Waals surface area contributed by atoms with Crippen LogP contribution >= 0.6 is 39.9 Å². The topological polar surface area (TPSA) is 50.8 Å². The molecule has 0 bridgehead atoms. The Labute approximate surface area is 164 Å². The summed E-state index contributed by atoms with van der Waals surface area (Å²) in [5.41, 5.74) is 7.56. The van der Waals surface area contributed by atoms with Crippen molar-refractivity contribution in [3.8, 4) is 0 Å². The highest BCUT2D eigenvalue weighted by atomic mass is 127. The van der Waals surface area contributed by atoms with Crippen molar-refractivity contribution in [3.05, 3.63) is 34.3 Å². The second kappa shape index (κ2) is 8.16. The zero-order chi connectivity index (χ0) is 15.6. The number of hydrogen-bond acceptors (Lipinski definition) is 2. The first kappa shape index (κ1) is 19.0. The van der Waals surface area contributed by atoms with Crippen LogP contribution in [0.25, 0.3) is 0 Å². The highest BCUT2D eigenvalue weighted by molar-refractivity contribution is 14.0. The number of hydrogen-bond donors (Lipinski definition) is 1. The zero-order valence-corrected chi connectivity index (χ0v) is 17.4. The van der Waals surface area contributed by atoms with Crippen molar-refractivity contribution in [1.29, 1.82) is 0 Å². The van der Waals surface area contributed by atoms with E-state index in [-0.39, 0.29) is 29.4 Å². The molecule has 1 heterocycles. The lowest BCUT2D eigenvalue weighted by Crippen LogP contribution is -2.40. The molecule has 2 fully saturated rings. The van der Waals surface area contributed by atoms with Gasteiger partial charge in [0.1, 0.15) is 0 Å². The molecular formula is C17H25BrIN3O. The third kappa shape index (κ3) is 4.60. The highest BCUT2D eigenvalue weighted by Crippen LogP contribution is 2.36. The van der Waals surface area contributed by atoms with Crippen LogP contribution in [0.15, 0.2) is 33.7 Å². The van der Waals surface area contributed by atoms with E-state index in [1.165, 1.54) is 18.4 Å². The number of guanidine groups is 1. The van der Waals surface area contributed by atoms with Crippen LogP contribution in [-0.4, -0.2) is 43.7 Å². The van der Waals surface area contributed by atoms with Gasteiger partial charge in [-0.25, -0.2) is 0 Å². The van der Waals surface area contributed by atoms with E-state index in [2.05, 4.69) is 45.1 Å². The summed E-state index contributed by atoms with van der Waals surface area (Å²) < 4.78 is 6.68. The van der Waals surface area contributed by atoms with E-state index in [4.69, 9.17) is 15.5 Å². The van der Waals surface area contributed by atoms with Gasteiger partial charge in [0.2, 0.25) is 0 Å². The lowest BCUT2D eigenvalue weighted by molar-refractivity contribution is 0.0530. The number of nitrogens with zero attached hydrogens (tertiary/aromatic N) is 2. The summed E-state index contributed by atoms with van der Waals surface area (Å²) in [5.74, 6) is 0.672. The molecule has 128 valence electrons. The van der Waals surface area contributed by atoms with Crippen LogP contribution in [0.2, 0.25) is 0 Å². The number of benzene rings is 1. The van der Waals surface area contributed by atoms with Crippen molar-refractivity contribution in [2.45, 2.75) is 37.1 Å². The highest BCUT2D eigenvalue weighted by Gasteiger charge is 2.35. The minimum Gasteiger partial charge on any atom is -0.381 e. The summed E-state index contributed by atoms with van der Waals surface area (Å²) in [6, 6.07) is 9.21. The van der Waals surface area contributed by atoms with Gasteiger partial charge in [0.15, 0.2) is 5.96 Å². The molecule has 1 aliphatic carbocycles. The number of ether oxygens (including phenoxy) is 1. The summed E-state index contributed by atoms with van der Waals surface area (Å²) >= 11 is 3.51. The standard InChI is InChI=1S/C17H24BrN3O.HI/c1-21(15-6-7-15)16(19)20-12-17(8-10-22-11-9-17)13-2-4-14(18)5-3-13;/h2-5,15H,6-12H2,1H3,(H2,19,20);1H. The van der Waals surface area contributed by atoms with E-state index in [1.807, 2.05) is 7.05 Å². The van der Waals surface area contributed by atoms with Crippen molar-refractivity contribution < 1.29 is 4.74 Å². The van der Waals surface area contributed by atoms with Gasteiger partial charge in [0.25, 0.3) is 0 Å². The Hall–Kier alpha value is -0.340. The maximum absolute atomic E-state index is 6.17. The third-order valence-corrected chi connectivity index (χ3v) is 5.43. The van der Waals surface area contributed by atoms with Gasteiger partial charge in [-0.3, -0.25) is 4.99 Å². The van der Waals surface area contributed by atoms with Gasteiger partial charge in [-0.1, -0.05) is 28.1 Å². The fraction of sp³-hybridized carbons (Fsp3) is 0.588. The molecule has 0 radical (unpaired) electrons. The second-order valence-corrected chi connectivity index (χ2v) is 7.33. The first-order valence-electron chi connectivity index (χ1n) is 7.97. The van der Waals surface area contributed by atoms with Crippen LogP contribution in [0.4, 0.5) is 0 Å². The Balaban J connectivity index is 0.00000192. The molecule has 1 aliphatic heterocycles. The van der Waals surface area contributed by atoms with Gasteiger partial charge in [-0.2, -0.15) is 0 Å². The van der Waals surface area contributed by atoms with Crippen LogP contribution < -0.4 is 5.73 Å². The average Bonchev–Trinajstić information content (AvgIpc) is 3.38. The molecule has 2 aliphatic rings.